The van der Waals surface area contributed by atoms with Gasteiger partial charge >= 0.3 is 0 Å². The molecule has 0 aromatic rings. The molecule has 1 amide bonds. The van der Waals surface area contributed by atoms with Gasteiger partial charge in [0.05, 0.1) is 12.3 Å². The predicted octanol–water partition coefficient (Wildman–Crippen LogP) is 1.43. The Morgan fingerprint density at radius 1 is 1.37 bits per heavy atom. The third-order valence-electron chi connectivity index (χ3n) is 2.34. The lowest BCUT2D eigenvalue weighted by atomic mass is 10.1. The molecule has 0 saturated heterocycles. The number of carbonyl (C=O) groups is 1. The van der Waals surface area contributed by atoms with Crippen molar-refractivity contribution >= 4 is 27.5 Å². The van der Waals surface area contributed by atoms with Crippen LogP contribution < -0.4 is 5.32 Å². The zero-order chi connectivity index (χ0) is 15.3. The molecule has 1 atom stereocenters. The number of rotatable bonds is 7. The second kappa shape index (κ2) is 7.45. The van der Waals surface area contributed by atoms with E-state index >= 15 is 0 Å². The number of hydrogen-bond acceptors (Lipinski definition) is 3. The Bertz CT molecular complexity index is 390. The maximum atomic E-state index is 12.1. The zero-order valence-electron chi connectivity index (χ0n) is 12.4. The second-order valence-corrected chi connectivity index (χ2v) is 8.08. The summed E-state index contributed by atoms with van der Waals surface area (Å²) in [6, 6.07) is 0. The number of sulfonamides is 1. The number of alkyl halides is 1. The average Bonchev–Trinajstić information content (AvgIpc) is 2.22. The van der Waals surface area contributed by atoms with E-state index in [0.29, 0.717) is 0 Å². The minimum absolute atomic E-state index is 0.0346. The van der Waals surface area contributed by atoms with Crippen LogP contribution in [0.3, 0.4) is 0 Å². The fraction of sp³-hybridized carbons (Fsp3) is 0.917. The van der Waals surface area contributed by atoms with Gasteiger partial charge in [-0.05, 0) is 26.7 Å². The topological polar surface area (TPSA) is 66.5 Å². The molecule has 0 saturated carbocycles. The number of hydrogen-bond donors (Lipinski definition) is 1. The Labute approximate surface area is 121 Å². The first-order chi connectivity index (χ1) is 8.51. The fourth-order valence-corrected chi connectivity index (χ4v) is 3.53. The summed E-state index contributed by atoms with van der Waals surface area (Å²) in [5.41, 5.74) is -0.371. The molecular formula is C12H25ClN2O3S. The van der Waals surface area contributed by atoms with Crippen LogP contribution in [0.2, 0.25) is 0 Å². The van der Waals surface area contributed by atoms with E-state index in [2.05, 4.69) is 5.32 Å². The number of amides is 1. The lowest BCUT2D eigenvalue weighted by molar-refractivity contribution is -0.122. The molecule has 5 nitrogen and oxygen atoms in total. The summed E-state index contributed by atoms with van der Waals surface area (Å²) in [7, 11) is -3.45. The first-order valence-corrected chi connectivity index (χ1v) is 8.51. The van der Waals surface area contributed by atoms with Crippen molar-refractivity contribution in [3.8, 4) is 0 Å². The molecule has 0 spiro atoms. The Balaban J connectivity index is 4.70. The molecule has 0 rings (SSSR count). The Morgan fingerprint density at radius 3 is 2.26 bits per heavy atom. The van der Waals surface area contributed by atoms with Crippen molar-refractivity contribution in [2.45, 2.75) is 40.2 Å². The maximum absolute atomic E-state index is 12.1. The van der Waals surface area contributed by atoms with Crippen LogP contribution in [0.25, 0.3) is 0 Å². The van der Waals surface area contributed by atoms with Crippen molar-refractivity contribution in [1.82, 2.24) is 9.62 Å². The first kappa shape index (κ1) is 18.7. The number of likely N-dealkylation sites (N-methyl/N-ethyl adjacent to an activating group) is 1. The minimum Gasteiger partial charge on any atom is -0.350 e. The summed E-state index contributed by atoms with van der Waals surface area (Å²) in [4.78, 5) is 11.8. The van der Waals surface area contributed by atoms with Crippen LogP contribution in [-0.4, -0.2) is 48.9 Å². The summed E-state index contributed by atoms with van der Waals surface area (Å²) in [5, 5.41) is 2.75. The molecule has 0 aliphatic carbocycles. The summed E-state index contributed by atoms with van der Waals surface area (Å²) >= 11 is 5.64. The number of nitrogens with zero attached hydrogens (tertiary/aromatic N) is 1. The Hall–Kier alpha value is -0.330. The van der Waals surface area contributed by atoms with Crippen LogP contribution in [0.5, 0.6) is 0 Å². The number of carbonyl (C=O) groups excluding carboxylic acids is 1. The van der Waals surface area contributed by atoms with Crippen molar-refractivity contribution in [3.05, 3.63) is 0 Å². The van der Waals surface area contributed by atoms with Gasteiger partial charge in [-0.1, -0.05) is 13.8 Å². The molecule has 1 unspecified atom stereocenters. The predicted molar refractivity (Wildman–Crippen MR) is 78.8 cm³/mol. The SMILES string of the molecule is CCN(CC(=O)NC(C)(C)C)S(=O)(=O)CC(C)CCl. The van der Waals surface area contributed by atoms with Gasteiger partial charge in [0.2, 0.25) is 15.9 Å². The van der Waals surface area contributed by atoms with Crippen LogP contribution in [-0.2, 0) is 14.8 Å². The molecule has 0 radical (unpaired) electrons. The second-order valence-electron chi connectivity index (χ2n) is 5.76. The van der Waals surface area contributed by atoms with Crippen molar-refractivity contribution in [1.29, 1.82) is 0 Å². The van der Waals surface area contributed by atoms with E-state index in [-0.39, 0.29) is 42.1 Å². The molecule has 0 bridgehead atoms. The smallest absolute Gasteiger partial charge is 0.235 e. The van der Waals surface area contributed by atoms with Gasteiger partial charge in [0.15, 0.2) is 0 Å². The van der Waals surface area contributed by atoms with Crippen LogP contribution in [0.15, 0.2) is 0 Å². The van der Waals surface area contributed by atoms with Crippen LogP contribution in [0, 0.1) is 5.92 Å². The molecule has 7 heteroatoms. The van der Waals surface area contributed by atoms with Crippen LogP contribution >= 0.6 is 11.6 Å². The van der Waals surface area contributed by atoms with E-state index < -0.39 is 10.0 Å². The summed E-state index contributed by atoms with van der Waals surface area (Å²) < 4.78 is 25.4. The maximum Gasteiger partial charge on any atom is 0.235 e. The van der Waals surface area contributed by atoms with Gasteiger partial charge < -0.3 is 5.32 Å². The molecule has 19 heavy (non-hydrogen) atoms. The molecule has 114 valence electrons. The monoisotopic (exact) mass is 312 g/mol. The quantitative estimate of drug-likeness (QED) is 0.723. The third-order valence-corrected chi connectivity index (χ3v) is 5.03. The Morgan fingerprint density at radius 2 is 1.89 bits per heavy atom. The lowest BCUT2D eigenvalue weighted by Crippen LogP contribution is -2.48. The third kappa shape index (κ3) is 7.74. The van der Waals surface area contributed by atoms with Gasteiger partial charge in [-0.2, -0.15) is 4.31 Å². The summed E-state index contributed by atoms with van der Waals surface area (Å²) in [6.07, 6.45) is 0. The van der Waals surface area contributed by atoms with Gasteiger partial charge in [-0.15, -0.1) is 11.6 Å². The lowest BCUT2D eigenvalue weighted by Gasteiger charge is -2.25. The number of nitrogens with one attached hydrogen (secondary N) is 1. The molecule has 0 aromatic heterocycles. The van der Waals surface area contributed by atoms with Gasteiger partial charge in [0.25, 0.3) is 0 Å². The highest BCUT2D eigenvalue weighted by molar-refractivity contribution is 7.89. The van der Waals surface area contributed by atoms with Crippen LogP contribution in [0.4, 0.5) is 0 Å². The molecule has 0 aliphatic heterocycles. The molecule has 0 heterocycles. The molecular weight excluding hydrogens is 288 g/mol. The molecule has 0 aliphatic rings. The van der Waals surface area contributed by atoms with Crippen molar-refractivity contribution in [2.24, 2.45) is 5.92 Å². The zero-order valence-corrected chi connectivity index (χ0v) is 13.9. The highest BCUT2D eigenvalue weighted by Gasteiger charge is 2.26. The summed E-state index contributed by atoms with van der Waals surface area (Å²) in [6.45, 7) is 9.17. The van der Waals surface area contributed by atoms with E-state index in [1.165, 1.54) is 4.31 Å². The van der Waals surface area contributed by atoms with Gasteiger partial charge in [-0.25, -0.2) is 8.42 Å². The highest BCUT2D eigenvalue weighted by Crippen LogP contribution is 2.09. The van der Waals surface area contributed by atoms with Crippen molar-refractivity contribution in [2.75, 3.05) is 24.7 Å². The average molecular weight is 313 g/mol. The molecule has 0 fully saturated rings. The largest absolute Gasteiger partial charge is 0.350 e. The van der Waals surface area contributed by atoms with E-state index in [4.69, 9.17) is 11.6 Å². The minimum atomic E-state index is -3.45. The molecule has 0 aromatic carbocycles. The van der Waals surface area contributed by atoms with Crippen LogP contribution in [0.1, 0.15) is 34.6 Å². The normalized spacial score (nSPS) is 14.5. The fourth-order valence-electron chi connectivity index (χ4n) is 1.53. The Kier molecular flexibility index (Phi) is 7.32. The van der Waals surface area contributed by atoms with E-state index in [0.717, 1.165) is 0 Å². The van der Waals surface area contributed by atoms with E-state index in [1.54, 1.807) is 13.8 Å². The van der Waals surface area contributed by atoms with Crippen molar-refractivity contribution < 1.29 is 13.2 Å². The van der Waals surface area contributed by atoms with E-state index in [1.807, 2.05) is 20.8 Å². The standard InChI is InChI=1S/C12H25ClN2O3S/c1-6-15(8-11(16)14-12(3,4)5)19(17,18)9-10(2)7-13/h10H,6-9H2,1-5H3,(H,14,16). The number of halogens is 1. The van der Waals surface area contributed by atoms with Gasteiger partial charge in [0.1, 0.15) is 0 Å². The van der Waals surface area contributed by atoms with Gasteiger partial charge in [0, 0.05) is 18.0 Å². The van der Waals surface area contributed by atoms with E-state index in [9.17, 15) is 13.2 Å². The van der Waals surface area contributed by atoms with Gasteiger partial charge in [-0.3, -0.25) is 4.79 Å². The highest BCUT2D eigenvalue weighted by atomic mass is 35.5. The van der Waals surface area contributed by atoms with Crippen molar-refractivity contribution in [3.63, 3.8) is 0 Å². The molecule has 1 N–H and O–H groups in total. The summed E-state index contributed by atoms with van der Waals surface area (Å²) in [5.74, 6) is -0.180. The first-order valence-electron chi connectivity index (χ1n) is 6.36.